The number of rotatable bonds is 4. The summed E-state index contributed by atoms with van der Waals surface area (Å²) in [4.78, 5) is 12.8. The van der Waals surface area contributed by atoms with Gasteiger partial charge in [-0.15, -0.1) is 0 Å². The zero-order chi connectivity index (χ0) is 13.7. The number of Topliss-reactive ketones (excluding diaryl/α,β-unsaturated/α-hetero) is 1. The molecule has 0 N–H and O–H groups in total. The van der Waals surface area contributed by atoms with Gasteiger partial charge in [-0.2, -0.15) is 5.10 Å². The smallest absolute Gasteiger partial charge is 0.141 e. The minimum absolute atomic E-state index is 0.368. The number of ketones is 1. The lowest BCUT2D eigenvalue weighted by molar-refractivity contribution is -0.135. The fraction of sp³-hybridized carbons (Fsp3) is 0.765. The van der Waals surface area contributed by atoms with Gasteiger partial charge in [0.1, 0.15) is 5.78 Å². The van der Waals surface area contributed by atoms with Crippen molar-refractivity contribution in [2.75, 3.05) is 0 Å². The molecule has 1 heterocycles. The SMILES string of the molecule is CCn1cc(CC(=O)C2C3CC4CC(C3)CC2C4)cn1. The number of carbonyl (C=O) groups excluding carboxylic acids is 1. The molecule has 0 saturated heterocycles. The molecule has 0 aromatic carbocycles. The van der Waals surface area contributed by atoms with Crippen LogP contribution in [0, 0.1) is 29.6 Å². The van der Waals surface area contributed by atoms with Gasteiger partial charge in [0.05, 0.1) is 6.20 Å². The van der Waals surface area contributed by atoms with E-state index in [1.54, 1.807) is 0 Å². The first-order valence-electron chi connectivity index (χ1n) is 8.27. The van der Waals surface area contributed by atoms with Crippen LogP contribution in [0.1, 0.15) is 44.6 Å². The van der Waals surface area contributed by atoms with E-state index in [0.29, 0.717) is 30.0 Å². The molecule has 1 aromatic heterocycles. The Morgan fingerprint density at radius 3 is 2.40 bits per heavy atom. The third-order valence-electron chi connectivity index (χ3n) is 5.99. The minimum Gasteiger partial charge on any atom is -0.299 e. The van der Waals surface area contributed by atoms with Crippen molar-refractivity contribution in [2.24, 2.45) is 29.6 Å². The predicted octanol–water partition coefficient (Wildman–Crippen LogP) is 3.09. The van der Waals surface area contributed by atoms with E-state index in [2.05, 4.69) is 12.0 Å². The summed E-state index contributed by atoms with van der Waals surface area (Å²) in [7, 11) is 0. The van der Waals surface area contributed by atoms with Crippen molar-refractivity contribution >= 4 is 5.78 Å². The van der Waals surface area contributed by atoms with Crippen LogP contribution in [0.2, 0.25) is 0 Å². The van der Waals surface area contributed by atoms with Gasteiger partial charge < -0.3 is 0 Å². The molecular weight excluding hydrogens is 248 g/mol. The van der Waals surface area contributed by atoms with Gasteiger partial charge in [-0.25, -0.2) is 0 Å². The summed E-state index contributed by atoms with van der Waals surface area (Å²) < 4.78 is 1.92. The first kappa shape index (κ1) is 12.6. The highest BCUT2D eigenvalue weighted by molar-refractivity contribution is 5.84. The van der Waals surface area contributed by atoms with Crippen LogP contribution in [0.5, 0.6) is 0 Å². The Balaban J connectivity index is 1.48. The van der Waals surface area contributed by atoms with Gasteiger partial charge in [0, 0.05) is 25.1 Å². The quantitative estimate of drug-likeness (QED) is 0.844. The summed E-state index contributed by atoms with van der Waals surface area (Å²) in [6.07, 6.45) is 11.3. The van der Waals surface area contributed by atoms with E-state index in [1.165, 1.54) is 32.1 Å². The molecule has 5 rings (SSSR count). The summed E-state index contributed by atoms with van der Waals surface area (Å²) in [5.74, 6) is 4.18. The molecule has 4 aliphatic rings. The predicted molar refractivity (Wildman–Crippen MR) is 77.1 cm³/mol. The number of hydrogen-bond donors (Lipinski definition) is 0. The van der Waals surface area contributed by atoms with Crippen LogP contribution in [-0.4, -0.2) is 15.6 Å². The molecule has 3 heteroatoms. The molecule has 0 unspecified atom stereocenters. The molecule has 0 amide bonds. The molecule has 4 aliphatic carbocycles. The lowest BCUT2D eigenvalue weighted by atomic mass is 9.51. The minimum atomic E-state index is 0.368. The van der Waals surface area contributed by atoms with Crippen LogP contribution < -0.4 is 0 Å². The van der Waals surface area contributed by atoms with Gasteiger partial charge in [-0.05, 0) is 68.3 Å². The highest BCUT2D eigenvalue weighted by Gasteiger charge is 2.50. The summed E-state index contributed by atoms with van der Waals surface area (Å²) in [6.45, 7) is 2.96. The van der Waals surface area contributed by atoms with Gasteiger partial charge in [-0.3, -0.25) is 9.48 Å². The summed E-state index contributed by atoms with van der Waals surface area (Å²) in [5.41, 5.74) is 1.10. The Bertz CT molecular complexity index is 491. The second kappa shape index (κ2) is 4.71. The zero-order valence-corrected chi connectivity index (χ0v) is 12.3. The van der Waals surface area contributed by atoms with Crippen LogP contribution in [-0.2, 0) is 17.8 Å². The lowest BCUT2D eigenvalue weighted by Gasteiger charge is -2.53. The Morgan fingerprint density at radius 1 is 1.20 bits per heavy atom. The monoisotopic (exact) mass is 272 g/mol. The maximum Gasteiger partial charge on any atom is 0.141 e. The van der Waals surface area contributed by atoms with Crippen molar-refractivity contribution in [2.45, 2.75) is 52.0 Å². The molecule has 108 valence electrons. The van der Waals surface area contributed by atoms with Gasteiger partial charge in [0.2, 0.25) is 0 Å². The van der Waals surface area contributed by atoms with Gasteiger partial charge >= 0.3 is 0 Å². The van der Waals surface area contributed by atoms with Crippen LogP contribution in [0.4, 0.5) is 0 Å². The summed E-state index contributed by atoms with van der Waals surface area (Å²) >= 11 is 0. The molecule has 0 aliphatic heterocycles. The Morgan fingerprint density at radius 2 is 1.85 bits per heavy atom. The number of aryl methyl sites for hydroxylation is 1. The van der Waals surface area contributed by atoms with Crippen LogP contribution in [0.15, 0.2) is 12.4 Å². The zero-order valence-electron chi connectivity index (χ0n) is 12.3. The van der Waals surface area contributed by atoms with E-state index < -0.39 is 0 Å². The van der Waals surface area contributed by atoms with E-state index >= 15 is 0 Å². The number of carbonyl (C=O) groups is 1. The lowest BCUT2D eigenvalue weighted by Crippen LogP contribution is -2.48. The fourth-order valence-corrected chi connectivity index (χ4v) is 5.44. The van der Waals surface area contributed by atoms with Crippen molar-refractivity contribution in [3.8, 4) is 0 Å². The number of aromatic nitrogens is 2. The fourth-order valence-electron chi connectivity index (χ4n) is 5.44. The standard InChI is InChI=1S/C17H24N2O/c1-2-19-10-13(9-18-19)8-16(20)17-14-4-11-3-12(6-14)7-15(17)5-11/h9-12,14-15,17H,2-8H2,1H3. The third kappa shape index (κ3) is 2.02. The molecule has 4 bridgehead atoms. The molecular formula is C17H24N2O. The van der Waals surface area contributed by atoms with Crippen molar-refractivity contribution in [1.29, 1.82) is 0 Å². The van der Waals surface area contributed by atoms with Crippen molar-refractivity contribution in [3.63, 3.8) is 0 Å². The third-order valence-corrected chi connectivity index (χ3v) is 5.99. The van der Waals surface area contributed by atoms with Crippen LogP contribution in [0.25, 0.3) is 0 Å². The highest BCUT2D eigenvalue weighted by Crippen LogP contribution is 2.56. The largest absolute Gasteiger partial charge is 0.299 e. The normalized spacial score (nSPS) is 38.4. The van der Waals surface area contributed by atoms with E-state index in [1.807, 2.05) is 17.1 Å². The first-order valence-corrected chi connectivity index (χ1v) is 8.27. The van der Waals surface area contributed by atoms with E-state index in [4.69, 9.17) is 0 Å². The molecule has 0 spiro atoms. The van der Waals surface area contributed by atoms with Crippen molar-refractivity contribution in [3.05, 3.63) is 18.0 Å². The molecule has 4 saturated carbocycles. The molecule has 3 nitrogen and oxygen atoms in total. The first-order chi connectivity index (χ1) is 9.72. The van der Waals surface area contributed by atoms with Crippen LogP contribution in [0.3, 0.4) is 0 Å². The molecule has 1 aromatic rings. The van der Waals surface area contributed by atoms with Gasteiger partial charge in [0.15, 0.2) is 0 Å². The average Bonchev–Trinajstić information content (AvgIpc) is 2.85. The van der Waals surface area contributed by atoms with Crippen molar-refractivity contribution < 1.29 is 4.79 Å². The summed E-state index contributed by atoms with van der Waals surface area (Å²) in [6, 6.07) is 0. The maximum atomic E-state index is 12.8. The molecule has 20 heavy (non-hydrogen) atoms. The van der Waals surface area contributed by atoms with E-state index in [0.717, 1.165) is 23.9 Å². The topological polar surface area (TPSA) is 34.9 Å². The number of nitrogens with zero attached hydrogens (tertiary/aromatic N) is 2. The summed E-state index contributed by atoms with van der Waals surface area (Å²) in [5, 5.41) is 4.29. The van der Waals surface area contributed by atoms with Crippen LogP contribution >= 0.6 is 0 Å². The maximum absolute atomic E-state index is 12.8. The van der Waals surface area contributed by atoms with Gasteiger partial charge in [-0.1, -0.05) is 0 Å². The second-order valence-electron chi connectivity index (χ2n) is 7.30. The van der Waals surface area contributed by atoms with E-state index in [9.17, 15) is 4.79 Å². The van der Waals surface area contributed by atoms with Crippen molar-refractivity contribution in [1.82, 2.24) is 9.78 Å². The Kier molecular flexibility index (Phi) is 2.97. The Labute approximate surface area is 120 Å². The highest BCUT2D eigenvalue weighted by atomic mass is 16.1. The average molecular weight is 272 g/mol. The number of hydrogen-bond acceptors (Lipinski definition) is 2. The Hall–Kier alpha value is -1.12. The van der Waals surface area contributed by atoms with Gasteiger partial charge in [0.25, 0.3) is 0 Å². The van der Waals surface area contributed by atoms with E-state index in [-0.39, 0.29) is 0 Å². The second-order valence-corrected chi connectivity index (χ2v) is 7.30. The molecule has 4 fully saturated rings. The molecule has 0 atom stereocenters. The molecule has 0 radical (unpaired) electrons.